The molecule has 1 aromatic heterocycles. The van der Waals surface area contributed by atoms with Crippen molar-refractivity contribution in [1.82, 2.24) is 15.6 Å². The van der Waals surface area contributed by atoms with E-state index in [1.807, 2.05) is 13.0 Å². The van der Waals surface area contributed by atoms with Gasteiger partial charge in [-0.25, -0.2) is 9.98 Å². The summed E-state index contributed by atoms with van der Waals surface area (Å²) in [5, 5.41) is 7.83. The fourth-order valence-corrected chi connectivity index (χ4v) is 3.82. The van der Waals surface area contributed by atoms with E-state index in [9.17, 15) is 0 Å². The first-order chi connectivity index (χ1) is 13.4. The lowest BCUT2D eigenvalue weighted by Gasteiger charge is -2.28. The molecule has 0 amide bonds. The molecule has 0 saturated heterocycles. The van der Waals surface area contributed by atoms with E-state index in [2.05, 4.69) is 55.4 Å². The number of hydrogen-bond donors (Lipinski definition) is 2. The molecular formula is C21H30N4O2S. The minimum atomic E-state index is -0.0968. The molecule has 0 saturated carbocycles. The van der Waals surface area contributed by atoms with Gasteiger partial charge in [0, 0.05) is 23.4 Å². The van der Waals surface area contributed by atoms with E-state index < -0.39 is 0 Å². The van der Waals surface area contributed by atoms with Crippen LogP contribution < -0.4 is 20.1 Å². The van der Waals surface area contributed by atoms with Crippen LogP contribution in [0.2, 0.25) is 0 Å². The molecule has 2 N–H and O–H groups in total. The molecule has 28 heavy (non-hydrogen) atoms. The number of aliphatic imine (C=N–C) groups is 1. The van der Waals surface area contributed by atoms with Crippen LogP contribution in [-0.2, 0) is 12.0 Å². The molecule has 1 aliphatic rings. The first kappa shape index (κ1) is 20.5. The second-order valence-corrected chi connectivity index (χ2v) is 8.83. The van der Waals surface area contributed by atoms with Crippen molar-refractivity contribution in [2.24, 2.45) is 4.99 Å². The van der Waals surface area contributed by atoms with Crippen molar-refractivity contribution in [3.05, 3.63) is 39.3 Å². The molecule has 1 aromatic carbocycles. The van der Waals surface area contributed by atoms with Gasteiger partial charge in [-0.1, -0.05) is 19.9 Å². The molecule has 0 bridgehead atoms. The average molecular weight is 403 g/mol. The van der Waals surface area contributed by atoms with Gasteiger partial charge in [0.2, 0.25) is 0 Å². The zero-order valence-corrected chi connectivity index (χ0v) is 18.2. The van der Waals surface area contributed by atoms with Gasteiger partial charge in [0.25, 0.3) is 0 Å². The van der Waals surface area contributed by atoms with Crippen LogP contribution in [0.5, 0.6) is 11.5 Å². The summed E-state index contributed by atoms with van der Waals surface area (Å²) in [4.78, 5) is 10.5. The Balaban J connectivity index is 1.66. The Morgan fingerprint density at radius 1 is 1.18 bits per heavy atom. The van der Waals surface area contributed by atoms with E-state index in [-0.39, 0.29) is 5.41 Å². The Labute approximate surface area is 171 Å². The second kappa shape index (κ2) is 8.82. The van der Waals surface area contributed by atoms with Gasteiger partial charge in [-0.3, -0.25) is 0 Å². The summed E-state index contributed by atoms with van der Waals surface area (Å²) in [7, 11) is 0. The van der Waals surface area contributed by atoms with Gasteiger partial charge in [-0.05, 0) is 38.5 Å². The number of rotatable bonds is 6. The van der Waals surface area contributed by atoms with Gasteiger partial charge in [0.05, 0.1) is 12.2 Å². The quantitative estimate of drug-likeness (QED) is 0.571. The second-order valence-electron chi connectivity index (χ2n) is 7.54. The number of thiazole rings is 1. The van der Waals surface area contributed by atoms with Crippen LogP contribution in [0, 0.1) is 13.8 Å². The van der Waals surface area contributed by atoms with E-state index in [0.29, 0.717) is 19.8 Å². The van der Waals surface area contributed by atoms with E-state index in [0.717, 1.165) is 41.2 Å². The van der Waals surface area contributed by atoms with Gasteiger partial charge in [-0.15, -0.1) is 11.3 Å². The SMILES string of the molecule is CCNC(=NCc1nc(C)c(C)s1)NCC(C)(C)c1ccc2c(c1)OCCO2. The highest BCUT2D eigenvalue weighted by Gasteiger charge is 2.24. The number of aryl methyl sites for hydroxylation is 2. The third kappa shape index (κ3) is 4.95. The number of fused-ring (bicyclic) bond motifs is 1. The van der Waals surface area contributed by atoms with Crippen molar-refractivity contribution < 1.29 is 9.47 Å². The maximum Gasteiger partial charge on any atom is 0.191 e. The monoisotopic (exact) mass is 402 g/mol. The summed E-state index contributed by atoms with van der Waals surface area (Å²) in [6.45, 7) is 14.0. The molecule has 152 valence electrons. The van der Waals surface area contributed by atoms with Crippen LogP contribution in [0.4, 0.5) is 0 Å². The summed E-state index contributed by atoms with van der Waals surface area (Å²) in [5.74, 6) is 2.45. The van der Waals surface area contributed by atoms with Crippen LogP contribution in [0.25, 0.3) is 0 Å². The Bertz CT molecular complexity index is 825. The van der Waals surface area contributed by atoms with Crippen molar-refractivity contribution >= 4 is 17.3 Å². The molecule has 0 atom stereocenters. The van der Waals surface area contributed by atoms with E-state index >= 15 is 0 Å². The summed E-state index contributed by atoms with van der Waals surface area (Å²) in [5.41, 5.74) is 2.19. The summed E-state index contributed by atoms with van der Waals surface area (Å²) < 4.78 is 11.4. The number of ether oxygens (including phenoxy) is 2. The standard InChI is InChI=1S/C21H30N4O2S/c1-6-22-20(23-12-19-25-14(2)15(3)28-19)24-13-21(4,5)16-7-8-17-18(11-16)27-10-9-26-17/h7-8,11H,6,9-10,12-13H2,1-5H3,(H2,22,23,24). The number of hydrogen-bond acceptors (Lipinski definition) is 5. The Morgan fingerprint density at radius 2 is 1.93 bits per heavy atom. The minimum Gasteiger partial charge on any atom is -0.486 e. The third-order valence-electron chi connectivity index (χ3n) is 4.81. The predicted octanol–water partition coefficient (Wildman–Crippen LogP) is 3.56. The van der Waals surface area contributed by atoms with Crippen LogP contribution in [-0.4, -0.2) is 37.2 Å². The number of benzene rings is 1. The molecule has 2 aromatic rings. The topological polar surface area (TPSA) is 67.8 Å². The van der Waals surface area contributed by atoms with Gasteiger partial charge in [0.1, 0.15) is 18.2 Å². The van der Waals surface area contributed by atoms with Crippen LogP contribution >= 0.6 is 11.3 Å². The maximum absolute atomic E-state index is 5.74. The Morgan fingerprint density at radius 3 is 2.61 bits per heavy atom. The number of nitrogens with one attached hydrogen (secondary N) is 2. The lowest BCUT2D eigenvalue weighted by Crippen LogP contribution is -2.43. The van der Waals surface area contributed by atoms with Crippen LogP contribution in [0.1, 0.15) is 41.9 Å². The predicted molar refractivity (Wildman–Crippen MR) is 115 cm³/mol. The van der Waals surface area contributed by atoms with Crippen LogP contribution in [0.15, 0.2) is 23.2 Å². The van der Waals surface area contributed by atoms with Crippen molar-refractivity contribution in [2.75, 3.05) is 26.3 Å². The molecule has 0 unspecified atom stereocenters. The average Bonchev–Trinajstić information content (AvgIpc) is 3.01. The van der Waals surface area contributed by atoms with Crippen molar-refractivity contribution in [1.29, 1.82) is 0 Å². The molecule has 1 aliphatic heterocycles. The highest BCUT2D eigenvalue weighted by Crippen LogP contribution is 2.34. The van der Waals surface area contributed by atoms with Gasteiger partial charge in [0.15, 0.2) is 17.5 Å². The Kier molecular flexibility index (Phi) is 6.44. The molecule has 7 heteroatoms. The number of guanidine groups is 1. The lowest BCUT2D eigenvalue weighted by molar-refractivity contribution is 0.171. The molecule has 6 nitrogen and oxygen atoms in total. The zero-order valence-electron chi connectivity index (χ0n) is 17.4. The van der Waals surface area contributed by atoms with Gasteiger partial charge in [-0.2, -0.15) is 0 Å². The minimum absolute atomic E-state index is 0.0968. The molecule has 0 fully saturated rings. The van der Waals surface area contributed by atoms with Crippen molar-refractivity contribution in [3.8, 4) is 11.5 Å². The highest BCUT2D eigenvalue weighted by molar-refractivity contribution is 7.11. The lowest BCUT2D eigenvalue weighted by atomic mass is 9.84. The molecule has 0 spiro atoms. The van der Waals surface area contributed by atoms with Crippen molar-refractivity contribution in [3.63, 3.8) is 0 Å². The molecule has 3 rings (SSSR count). The Hall–Kier alpha value is -2.28. The smallest absolute Gasteiger partial charge is 0.191 e. The van der Waals surface area contributed by atoms with Crippen LogP contribution in [0.3, 0.4) is 0 Å². The summed E-state index contributed by atoms with van der Waals surface area (Å²) in [6, 6.07) is 6.19. The largest absolute Gasteiger partial charge is 0.486 e. The maximum atomic E-state index is 5.74. The first-order valence-electron chi connectivity index (χ1n) is 9.74. The van der Waals surface area contributed by atoms with Crippen molar-refractivity contribution in [2.45, 2.75) is 46.6 Å². The van der Waals surface area contributed by atoms with E-state index in [1.54, 1.807) is 11.3 Å². The fourth-order valence-electron chi connectivity index (χ4n) is 2.97. The molecule has 0 radical (unpaired) electrons. The normalized spacial score (nSPS) is 14.1. The molecule has 2 heterocycles. The summed E-state index contributed by atoms with van der Waals surface area (Å²) >= 11 is 1.71. The molecular weight excluding hydrogens is 372 g/mol. The zero-order chi connectivity index (χ0) is 20.1. The molecule has 0 aliphatic carbocycles. The fraction of sp³-hybridized carbons (Fsp3) is 0.524. The van der Waals surface area contributed by atoms with Gasteiger partial charge >= 0.3 is 0 Å². The summed E-state index contributed by atoms with van der Waals surface area (Å²) in [6.07, 6.45) is 0. The van der Waals surface area contributed by atoms with E-state index in [1.165, 1.54) is 10.4 Å². The number of nitrogens with zero attached hydrogens (tertiary/aromatic N) is 2. The number of aromatic nitrogens is 1. The third-order valence-corrected chi connectivity index (χ3v) is 5.87. The van der Waals surface area contributed by atoms with E-state index in [4.69, 9.17) is 14.5 Å². The first-order valence-corrected chi connectivity index (χ1v) is 10.6. The van der Waals surface area contributed by atoms with Gasteiger partial charge < -0.3 is 20.1 Å². The highest BCUT2D eigenvalue weighted by atomic mass is 32.1.